The molecule has 88 valence electrons. The van der Waals surface area contributed by atoms with E-state index in [0.29, 0.717) is 11.6 Å². The molecule has 18 heavy (non-hydrogen) atoms. The molecule has 3 nitrogen and oxygen atoms in total. The fourth-order valence-corrected chi connectivity index (χ4v) is 1.82. The van der Waals surface area contributed by atoms with Gasteiger partial charge in [0, 0.05) is 11.6 Å². The first-order chi connectivity index (χ1) is 8.84. The van der Waals surface area contributed by atoms with Crippen LogP contribution >= 0.6 is 0 Å². The van der Waals surface area contributed by atoms with Crippen molar-refractivity contribution >= 4 is 10.8 Å². The van der Waals surface area contributed by atoms with E-state index in [0.717, 1.165) is 10.8 Å². The zero-order valence-electron chi connectivity index (χ0n) is 9.58. The van der Waals surface area contributed by atoms with Crippen LogP contribution < -0.4 is 4.74 Å². The predicted octanol–water partition coefficient (Wildman–Crippen LogP) is 3.73. The van der Waals surface area contributed by atoms with Crippen molar-refractivity contribution in [3.8, 4) is 17.4 Å². The summed E-state index contributed by atoms with van der Waals surface area (Å²) in [6.45, 7) is 0. The summed E-state index contributed by atoms with van der Waals surface area (Å²) in [5.74, 6) is 1.00. The van der Waals surface area contributed by atoms with E-state index in [2.05, 4.69) is 4.98 Å². The Balaban J connectivity index is 2.08. The minimum Gasteiger partial charge on any atom is -0.504 e. The molecule has 0 unspecified atom stereocenters. The number of aromatic nitrogens is 1. The van der Waals surface area contributed by atoms with Crippen molar-refractivity contribution in [2.24, 2.45) is 0 Å². The maximum Gasteiger partial charge on any atom is 0.227 e. The zero-order chi connectivity index (χ0) is 12.4. The molecule has 0 saturated heterocycles. The maximum atomic E-state index is 9.69. The van der Waals surface area contributed by atoms with Gasteiger partial charge in [-0.25, -0.2) is 4.98 Å². The topological polar surface area (TPSA) is 42.4 Å². The monoisotopic (exact) mass is 237 g/mol. The molecule has 0 fully saturated rings. The molecule has 1 N–H and O–H groups in total. The molecular formula is C15H11NO2. The highest BCUT2D eigenvalue weighted by atomic mass is 16.5. The third-order valence-corrected chi connectivity index (χ3v) is 2.71. The van der Waals surface area contributed by atoms with Gasteiger partial charge in [-0.1, -0.05) is 30.3 Å². The predicted molar refractivity (Wildman–Crippen MR) is 69.9 cm³/mol. The van der Waals surface area contributed by atoms with E-state index in [1.807, 2.05) is 30.3 Å². The molecule has 2 aromatic carbocycles. The Hall–Kier alpha value is -2.55. The van der Waals surface area contributed by atoms with Gasteiger partial charge in [0.05, 0.1) is 0 Å². The number of ether oxygens (including phenoxy) is 1. The molecule has 0 spiro atoms. The maximum absolute atomic E-state index is 9.69. The molecule has 3 aromatic rings. The van der Waals surface area contributed by atoms with E-state index in [1.54, 1.807) is 30.5 Å². The van der Waals surface area contributed by atoms with Crippen LogP contribution in [0.3, 0.4) is 0 Å². The van der Waals surface area contributed by atoms with E-state index >= 15 is 0 Å². The first-order valence-corrected chi connectivity index (χ1v) is 5.64. The smallest absolute Gasteiger partial charge is 0.227 e. The Morgan fingerprint density at radius 2 is 1.67 bits per heavy atom. The highest BCUT2D eigenvalue weighted by Crippen LogP contribution is 2.32. The SMILES string of the molecule is Oc1ccccc1Oc1nccc2ccccc12. The Morgan fingerprint density at radius 3 is 2.56 bits per heavy atom. The van der Waals surface area contributed by atoms with Gasteiger partial charge in [0.1, 0.15) is 0 Å². The lowest BCUT2D eigenvalue weighted by atomic mass is 10.2. The molecule has 0 saturated carbocycles. The first kappa shape index (κ1) is 10.6. The number of para-hydroxylation sites is 2. The van der Waals surface area contributed by atoms with Gasteiger partial charge in [0.2, 0.25) is 5.88 Å². The number of hydrogen-bond acceptors (Lipinski definition) is 3. The van der Waals surface area contributed by atoms with Crippen LogP contribution in [0.1, 0.15) is 0 Å². The van der Waals surface area contributed by atoms with Gasteiger partial charge in [-0.15, -0.1) is 0 Å². The molecule has 0 bridgehead atoms. The van der Waals surface area contributed by atoms with Gasteiger partial charge in [0.25, 0.3) is 0 Å². The number of fused-ring (bicyclic) bond motifs is 1. The fraction of sp³-hybridized carbons (Fsp3) is 0. The molecule has 3 rings (SSSR count). The van der Waals surface area contributed by atoms with Crippen molar-refractivity contribution in [3.63, 3.8) is 0 Å². The lowest BCUT2D eigenvalue weighted by molar-refractivity contribution is 0.405. The number of rotatable bonds is 2. The Morgan fingerprint density at radius 1 is 0.889 bits per heavy atom. The molecule has 0 radical (unpaired) electrons. The number of aromatic hydroxyl groups is 1. The number of phenols is 1. The van der Waals surface area contributed by atoms with Gasteiger partial charge >= 0.3 is 0 Å². The second kappa shape index (κ2) is 4.37. The van der Waals surface area contributed by atoms with Crippen molar-refractivity contribution in [1.82, 2.24) is 4.98 Å². The highest BCUT2D eigenvalue weighted by molar-refractivity contribution is 5.86. The van der Waals surface area contributed by atoms with E-state index < -0.39 is 0 Å². The molecular weight excluding hydrogens is 226 g/mol. The molecule has 0 aliphatic heterocycles. The standard InChI is InChI=1S/C15H11NO2/c17-13-7-3-4-8-14(13)18-15-12-6-2-1-5-11(12)9-10-16-15/h1-10,17H. The normalized spacial score (nSPS) is 10.4. The van der Waals surface area contributed by atoms with Gasteiger partial charge in [-0.05, 0) is 29.7 Å². The van der Waals surface area contributed by atoms with Crippen molar-refractivity contribution in [3.05, 3.63) is 60.8 Å². The summed E-state index contributed by atoms with van der Waals surface area (Å²) in [5.41, 5.74) is 0. The molecule has 0 aliphatic carbocycles. The Labute approximate surface area is 104 Å². The molecule has 0 amide bonds. The van der Waals surface area contributed by atoms with Crippen LogP contribution in [0.2, 0.25) is 0 Å². The Kier molecular flexibility index (Phi) is 2.57. The summed E-state index contributed by atoms with van der Waals surface area (Å²) in [6, 6.07) is 16.6. The van der Waals surface area contributed by atoms with Crippen molar-refractivity contribution in [1.29, 1.82) is 0 Å². The van der Waals surface area contributed by atoms with E-state index in [-0.39, 0.29) is 5.75 Å². The average molecular weight is 237 g/mol. The minimum absolute atomic E-state index is 0.104. The third kappa shape index (κ3) is 1.86. The Bertz CT molecular complexity index is 689. The third-order valence-electron chi connectivity index (χ3n) is 2.71. The summed E-state index contributed by atoms with van der Waals surface area (Å²) >= 11 is 0. The summed E-state index contributed by atoms with van der Waals surface area (Å²) in [5, 5.41) is 11.7. The van der Waals surface area contributed by atoms with Crippen molar-refractivity contribution < 1.29 is 9.84 Å². The minimum atomic E-state index is 0.104. The van der Waals surface area contributed by atoms with Crippen LogP contribution in [-0.4, -0.2) is 10.1 Å². The van der Waals surface area contributed by atoms with Crippen LogP contribution in [0.15, 0.2) is 60.8 Å². The number of phenolic OH excluding ortho intramolecular Hbond substituents is 1. The quantitative estimate of drug-likeness (QED) is 0.738. The average Bonchev–Trinajstić information content (AvgIpc) is 2.42. The highest BCUT2D eigenvalue weighted by Gasteiger charge is 2.06. The van der Waals surface area contributed by atoms with E-state index in [1.165, 1.54) is 0 Å². The zero-order valence-corrected chi connectivity index (χ0v) is 9.58. The second-order valence-corrected chi connectivity index (χ2v) is 3.91. The van der Waals surface area contributed by atoms with Crippen LogP contribution in [0.25, 0.3) is 10.8 Å². The van der Waals surface area contributed by atoms with Gasteiger partial charge in [-0.2, -0.15) is 0 Å². The lowest BCUT2D eigenvalue weighted by Crippen LogP contribution is -1.89. The number of pyridine rings is 1. The van der Waals surface area contributed by atoms with Crippen molar-refractivity contribution in [2.45, 2.75) is 0 Å². The van der Waals surface area contributed by atoms with Crippen molar-refractivity contribution in [2.75, 3.05) is 0 Å². The largest absolute Gasteiger partial charge is 0.504 e. The van der Waals surface area contributed by atoms with E-state index in [9.17, 15) is 5.11 Å². The number of benzene rings is 2. The van der Waals surface area contributed by atoms with Gasteiger partial charge < -0.3 is 9.84 Å². The molecule has 0 atom stereocenters. The summed E-state index contributed by atoms with van der Waals surface area (Å²) in [6.07, 6.45) is 1.69. The first-order valence-electron chi connectivity index (χ1n) is 5.64. The fourth-order valence-electron chi connectivity index (χ4n) is 1.82. The lowest BCUT2D eigenvalue weighted by Gasteiger charge is -2.08. The van der Waals surface area contributed by atoms with Crippen LogP contribution in [0.5, 0.6) is 17.4 Å². The van der Waals surface area contributed by atoms with Gasteiger partial charge in [0.15, 0.2) is 11.5 Å². The number of nitrogens with zero attached hydrogens (tertiary/aromatic N) is 1. The summed E-state index contributed by atoms with van der Waals surface area (Å²) in [7, 11) is 0. The molecule has 1 aromatic heterocycles. The summed E-state index contributed by atoms with van der Waals surface area (Å²) in [4.78, 5) is 4.21. The van der Waals surface area contributed by atoms with Crippen LogP contribution in [0.4, 0.5) is 0 Å². The van der Waals surface area contributed by atoms with E-state index in [4.69, 9.17) is 4.74 Å². The van der Waals surface area contributed by atoms with Gasteiger partial charge in [-0.3, -0.25) is 0 Å². The van der Waals surface area contributed by atoms with Crippen LogP contribution in [0, 0.1) is 0 Å². The van der Waals surface area contributed by atoms with Crippen LogP contribution in [-0.2, 0) is 0 Å². The molecule has 3 heteroatoms. The second-order valence-electron chi connectivity index (χ2n) is 3.91. The number of hydrogen-bond donors (Lipinski definition) is 1. The molecule has 0 aliphatic rings. The molecule has 1 heterocycles. The summed E-state index contributed by atoms with van der Waals surface area (Å²) < 4.78 is 5.66.